The SMILES string of the molecule is O=C(CC1(O)CCCCC1)NNc1ccncc1Cl. The summed E-state index contributed by atoms with van der Waals surface area (Å²) in [6, 6.07) is 1.66. The van der Waals surface area contributed by atoms with E-state index in [4.69, 9.17) is 11.6 Å². The summed E-state index contributed by atoms with van der Waals surface area (Å²) in [7, 11) is 0. The van der Waals surface area contributed by atoms with Crippen LogP contribution in [0.5, 0.6) is 0 Å². The molecule has 0 spiro atoms. The minimum Gasteiger partial charge on any atom is -0.389 e. The Balaban J connectivity index is 1.83. The van der Waals surface area contributed by atoms with Crippen LogP contribution in [0.2, 0.25) is 5.02 Å². The van der Waals surface area contributed by atoms with E-state index in [9.17, 15) is 9.90 Å². The molecule has 0 unspecified atom stereocenters. The molecule has 1 heterocycles. The van der Waals surface area contributed by atoms with Crippen LogP contribution in [0.4, 0.5) is 5.69 Å². The first kappa shape index (κ1) is 14.1. The number of anilines is 1. The number of halogens is 1. The van der Waals surface area contributed by atoms with Gasteiger partial charge in [0.1, 0.15) is 0 Å². The lowest BCUT2D eigenvalue weighted by Crippen LogP contribution is -2.40. The molecular weight excluding hydrogens is 266 g/mol. The average molecular weight is 284 g/mol. The third-order valence-corrected chi connectivity index (χ3v) is 3.68. The van der Waals surface area contributed by atoms with Crippen LogP contribution in [0.1, 0.15) is 38.5 Å². The number of carbonyl (C=O) groups excluding carboxylic acids is 1. The smallest absolute Gasteiger partial charge is 0.241 e. The first-order valence-electron chi connectivity index (χ1n) is 6.46. The van der Waals surface area contributed by atoms with Crippen molar-refractivity contribution in [3.8, 4) is 0 Å². The number of carbonyl (C=O) groups is 1. The number of nitrogens with one attached hydrogen (secondary N) is 2. The lowest BCUT2D eigenvalue weighted by Gasteiger charge is -2.31. The molecule has 1 saturated carbocycles. The molecule has 0 radical (unpaired) electrons. The van der Waals surface area contributed by atoms with Gasteiger partial charge in [-0.25, -0.2) is 0 Å². The molecule has 1 fully saturated rings. The van der Waals surface area contributed by atoms with Crippen LogP contribution in [-0.2, 0) is 4.79 Å². The van der Waals surface area contributed by atoms with E-state index in [2.05, 4.69) is 15.8 Å². The zero-order valence-corrected chi connectivity index (χ0v) is 11.4. The second-order valence-electron chi connectivity index (χ2n) is 4.99. The maximum Gasteiger partial charge on any atom is 0.241 e. The fourth-order valence-corrected chi connectivity index (χ4v) is 2.51. The van der Waals surface area contributed by atoms with Gasteiger partial charge in [0, 0.05) is 12.4 Å². The second kappa shape index (κ2) is 6.21. The van der Waals surface area contributed by atoms with E-state index in [1.165, 1.54) is 6.20 Å². The monoisotopic (exact) mass is 283 g/mol. The molecule has 1 aromatic heterocycles. The summed E-state index contributed by atoms with van der Waals surface area (Å²) in [6.07, 6.45) is 7.66. The van der Waals surface area contributed by atoms with Crippen LogP contribution in [0.15, 0.2) is 18.5 Å². The summed E-state index contributed by atoms with van der Waals surface area (Å²) in [5, 5.41) is 10.7. The molecule has 0 aromatic carbocycles. The van der Waals surface area contributed by atoms with Gasteiger partial charge >= 0.3 is 0 Å². The number of hydrazine groups is 1. The maximum atomic E-state index is 11.8. The number of hydrogen-bond donors (Lipinski definition) is 3. The Labute approximate surface area is 117 Å². The molecule has 6 heteroatoms. The number of rotatable bonds is 4. The highest BCUT2D eigenvalue weighted by molar-refractivity contribution is 6.33. The van der Waals surface area contributed by atoms with Gasteiger partial charge < -0.3 is 5.11 Å². The zero-order valence-electron chi connectivity index (χ0n) is 10.7. The van der Waals surface area contributed by atoms with Gasteiger partial charge in [-0.1, -0.05) is 30.9 Å². The lowest BCUT2D eigenvalue weighted by atomic mass is 9.82. The van der Waals surface area contributed by atoms with E-state index < -0.39 is 5.60 Å². The highest BCUT2D eigenvalue weighted by atomic mass is 35.5. The average Bonchev–Trinajstić information content (AvgIpc) is 2.38. The van der Waals surface area contributed by atoms with Crippen molar-refractivity contribution in [3.63, 3.8) is 0 Å². The Bertz CT molecular complexity index is 447. The molecule has 0 aliphatic heterocycles. The van der Waals surface area contributed by atoms with Gasteiger partial charge in [-0.2, -0.15) is 0 Å². The highest BCUT2D eigenvalue weighted by Crippen LogP contribution is 2.30. The van der Waals surface area contributed by atoms with Crippen molar-refractivity contribution in [2.45, 2.75) is 44.1 Å². The predicted octanol–water partition coefficient (Wildman–Crippen LogP) is 2.26. The maximum absolute atomic E-state index is 11.8. The molecule has 1 amide bonds. The van der Waals surface area contributed by atoms with Crippen LogP contribution in [0.3, 0.4) is 0 Å². The van der Waals surface area contributed by atoms with Crippen molar-refractivity contribution in [1.29, 1.82) is 0 Å². The van der Waals surface area contributed by atoms with E-state index in [0.29, 0.717) is 23.6 Å². The Morgan fingerprint density at radius 3 is 2.84 bits per heavy atom. The van der Waals surface area contributed by atoms with Crippen molar-refractivity contribution in [2.75, 3.05) is 5.43 Å². The van der Waals surface area contributed by atoms with Gasteiger partial charge in [-0.3, -0.25) is 20.6 Å². The number of nitrogens with zero attached hydrogens (tertiary/aromatic N) is 1. The Kier molecular flexibility index (Phi) is 4.61. The second-order valence-corrected chi connectivity index (χ2v) is 5.40. The van der Waals surface area contributed by atoms with Crippen molar-refractivity contribution >= 4 is 23.2 Å². The molecule has 1 aromatic rings. The van der Waals surface area contributed by atoms with Crippen molar-refractivity contribution in [1.82, 2.24) is 10.4 Å². The van der Waals surface area contributed by atoms with Crippen LogP contribution in [0.25, 0.3) is 0 Å². The normalized spacial score (nSPS) is 17.8. The topological polar surface area (TPSA) is 74.2 Å². The Morgan fingerprint density at radius 1 is 1.42 bits per heavy atom. The van der Waals surface area contributed by atoms with E-state index >= 15 is 0 Å². The molecule has 3 N–H and O–H groups in total. The van der Waals surface area contributed by atoms with Gasteiger partial charge in [0.2, 0.25) is 5.91 Å². The highest BCUT2D eigenvalue weighted by Gasteiger charge is 2.31. The first-order valence-corrected chi connectivity index (χ1v) is 6.84. The van der Waals surface area contributed by atoms with Crippen LogP contribution >= 0.6 is 11.6 Å². The summed E-state index contributed by atoms with van der Waals surface area (Å²) in [6.45, 7) is 0. The third kappa shape index (κ3) is 4.08. The summed E-state index contributed by atoms with van der Waals surface area (Å²) >= 11 is 5.90. The minimum absolute atomic E-state index is 0.114. The number of aromatic nitrogens is 1. The molecule has 0 saturated heterocycles. The molecule has 0 atom stereocenters. The van der Waals surface area contributed by atoms with Gasteiger partial charge in [0.25, 0.3) is 0 Å². The molecule has 1 aliphatic rings. The first-order chi connectivity index (χ1) is 9.09. The minimum atomic E-state index is -0.855. The molecule has 19 heavy (non-hydrogen) atoms. The van der Waals surface area contributed by atoms with Crippen LogP contribution < -0.4 is 10.9 Å². The van der Waals surface area contributed by atoms with E-state index in [1.807, 2.05) is 0 Å². The quantitative estimate of drug-likeness (QED) is 0.741. The Morgan fingerprint density at radius 2 is 2.16 bits per heavy atom. The number of pyridine rings is 1. The predicted molar refractivity (Wildman–Crippen MR) is 73.7 cm³/mol. The molecule has 5 nitrogen and oxygen atoms in total. The van der Waals surface area contributed by atoms with Gasteiger partial charge in [-0.05, 0) is 18.9 Å². The van der Waals surface area contributed by atoms with Gasteiger partial charge in [0.05, 0.1) is 22.7 Å². The third-order valence-electron chi connectivity index (χ3n) is 3.38. The van der Waals surface area contributed by atoms with Crippen molar-refractivity contribution in [3.05, 3.63) is 23.5 Å². The largest absolute Gasteiger partial charge is 0.389 e. The van der Waals surface area contributed by atoms with Gasteiger partial charge in [0.15, 0.2) is 0 Å². The summed E-state index contributed by atoms with van der Waals surface area (Å²) < 4.78 is 0. The van der Waals surface area contributed by atoms with Crippen molar-refractivity contribution < 1.29 is 9.90 Å². The number of amides is 1. The molecule has 1 aliphatic carbocycles. The molecule has 2 rings (SSSR count). The number of aliphatic hydroxyl groups is 1. The zero-order chi connectivity index (χ0) is 13.7. The van der Waals surface area contributed by atoms with E-state index in [1.54, 1.807) is 12.3 Å². The van der Waals surface area contributed by atoms with Crippen molar-refractivity contribution in [2.24, 2.45) is 0 Å². The van der Waals surface area contributed by atoms with Crippen LogP contribution in [-0.4, -0.2) is 21.6 Å². The molecule has 0 bridgehead atoms. The summed E-state index contributed by atoms with van der Waals surface area (Å²) in [5.74, 6) is -0.239. The summed E-state index contributed by atoms with van der Waals surface area (Å²) in [4.78, 5) is 15.7. The summed E-state index contributed by atoms with van der Waals surface area (Å²) in [5.41, 5.74) is 5.02. The molecular formula is C13H18ClN3O2. The fourth-order valence-electron chi connectivity index (χ4n) is 2.34. The standard InChI is InChI=1S/C13H18ClN3O2/c14-10-9-15-7-4-11(10)16-17-12(18)8-13(19)5-2-1-3-6-13/h4,7,9,19H,1-3,5-6,8H2,(H,15,16)(H,17,18). The van der Waals surface area contributed by atoms with Crippen LogP contribution in [0, 0.1) is 0 Å². The van der Waals surface area contributed by atoms with E-state index in [0.717, 1.165) is 19.3 Å². The lowest BCUT2D eigenvalue weighted by molar-refractivity contribution is -0.126. The number of hydrogen-bond acceptors (Lipinski definition) is 4. The van der Waals surface area contributed by atoms with E-state index in [-0.39, 0.29) is 12.3 Å². The fraction of sp³-hybridized carbons (Fsp3) is 0.538. The van der Waals surface area contributed by atoms with Gasteiger partial charge in [-0.15, -0.1) is 0 Å². The molecule has 104 valence electrons. The Hall–Kier alpha value is -1.33.